The van der Waals surface area contributed by atoms with Gasteiger partial charge in [-0.1, -0.05) is 81.4 Å². The van der Waals surface area contributed by atoms with Gasteiger partial charge in [0.1, 0.15) is 5.60 Å². The van der Waals surface area contributed by atoms with Crippen LogP contribution in [0.1, 0.15) is 89.7 Å². The van der Waals surface area contributed by atoms with E-state index in [9.17, 15) is 20.4 Å². The van der Waals surface area contributed by atoms with E-state index in [0.29, 0.717) is 36.0 Å². The molecule has 0 heterocycles. The summed E-state index contributed by atoms with van der Waals surface area (Å²) in [6, 6.07) is 20.1. The third kappa shape index (κ3) is 4.40. The maximum absolute atomic E-state index is 12.1. The smallest absolute Gasteiger partial charge is 0.115 e. The number of rotatable bonds is 6. The minimum Gasteiger partial charge on any atom is -0.393 e. The Bertz CT molecular complexity index is 1110. The van der Waals surface area contributed by atoms with Crippen molar-refractivity contribution in [2.75, 3.05) is 0 Å². The molecule has 4 fully saturated rings. The molecule has 0 spiro atoms. The summed E-state index contributed by atoms with van der Waals surface area (Å²) in [6.07, 6.45) is 6.85. The zero-order valence-electron chi connectivity index (χ0n) is 24.6. The van der Waals surface area contributed by atoms with E-state index >= 15 is 0 Å². The normalized spacial score (nSPS) is 42.0. The molecule has 4 aliphatic carbocycles. The summed E-state index contributed by atoms with van der Waals surface area (Å²) >= 11 is 0. The van der Waals surface area contributed by atoms with Gasteiger partial charge in [-0.2, -0.15) is 0 Å². The summed E-state index contributed by atoms with van der Waals surface area (Å²) in [5, 5.41) is 46.1. The third-order valence-electron chi connectivity index (χ3n) is 13.0. The Morgan fingerprint density at radius 1 is 0.825 bits per heavy atom. The molecule has 0 amide bonds. The molecule has 0 aliphatic heterocycles. The van der Waals surface area contributed by atoms with Gasteiger partial charge in [0.25, 0.3) is 0 Å². The molecule has 6 rings (SSSR count). The predicted octanol–water partition coefficient (Wildman–Crippen LogP) is 6.30. The molecule has 2 aromatic carbocycles. The Kier molecular flexibility index (Phi) is 7.47. The van der Waals surface area contributed by atoms with Gasteiger partial charge in [-0.3, -0.25) is 0 Å². The van der Waals surface area contributed by atoms with E-state index in [2.05, 4.69) is 20.8 Å². The summed E-state index contributed by atoms with van der Waals surface area (Å²) in [6.45, 7) is 7.04. The average Bonchev–Trinajstić information content (AvgIpc) is 3.32. The first kappa shape index (κ1) is 28.4. The molecule has 11 atom stereocenters. The minimum atomic E-state index is -1.05. The van der Waals surface area contributed by atoms with Gasteiger partial charge in [0.05, 0.1) is 18.3 Å². The first-order valence-electron chi connectivity index (χ1n) is 16.0. The van der Waals surface area contributed by atoms with Crippen LogP contribution < -0.4 is 0 Å². The number of hydrogen-bond donors (Lipinski definition) is 4. The van der Waals surface area contributed by atoms with Crippen molar-refractivity contribution in [3.63, 3.8) is 0 Å². The molecule has 4 saturated carbocycles. The van der Waals surface area contributed by atoms with Gasteiger partial charge in [-0.05, 0) is 115 Å². The molecule has 0 saturated heterocycles. The lowest BCUT2D eigenvalue weighted by Crippen LogP contribution is -2.62. The van der Waals surface area contributed by atoms with E-state index in [1.54, 1.807) is 0 Å². The lowest BCUT2D eigenvalue weighted by Gasteiger charge is -2.63. The molecular formula is C36H50O4. The second-order valence-electron chi connectivity index (χ2n) is 14.6. The predicted molar refractivity (Wildman–Crippen MR) is 158 cm³/mol. The largest absolute Gasteiger partial charge is 0.393 e. The van der Waals surface area contributed by atoms with Gasteiger partial charge < -0.3 is 20.4 Å². The molecule has 2 aromatic rings. The van der Waals surface area contributed by atoms with Gasteiger partial charge in [0.15, 0.2) is 0 Å². The van der Waals surface area contributed by atoms with Crippen molar-refractivity contribution in [3.8, 4) is 0 Å². The van der Waals surface area contributed by atoms with Crippen LogP contribution in [0.5, 0.6) is 0 Å². The van der Waals surface area contributed by atoms with Crippen LogP contribution in [0.3, 0.4) is 0 Å². The molecule has 4 nitrogen and oxygen atoms in total. The van der Waals surface area contributed by atoms with Crippen LogP contribution in [0.25, 0.3) is 0 Å². The fraction of sp³-hybridized carbons (Fsp3) is 0.667. The molecule has 0 radical (unpaired) electrons. The summed E-state index contributed by atoms with van der Waals surface area (Å²) < 4.78 is 0. The number of aliphatic hydroxyl groups excluding tert-OH is 3. The molecule has 0 bridgehead atoms. The maximum atomic E-state index is 12.1. The molecule has 4 heteroatoms. The molecular weight excluding hydrogens is 496 g/mol. The van der Waals surface area contributed by atoms with Crippen LogP contribution >= 0.6 is 0 Å². The van der Waals surface area contributed by atoms with Crippen molar-refractivity contribution in [2.45, 2.75) is 102 Å². The van der Waals surface area contributed by atoms with Gasteiger partial charge in [-0.25, -0.2) is 0 Å². The lowest BCUT2D eigenvalue weighted by molar-refractivity contribution is -0.207. The Morgan fingerprint density at radius 2 is 1.45 bits per heavy atom. The van der Waals surface area contributed by atoms with E-state index in [-0.39, 0.29) is 35.1 Å². The molecule has 4 N–H and O–H groups in total. The highest BCUT2D eigenvalue weighted by atomic mass is 16.3. The fourth-order valence-electron chi connectivity index (χ4n) is 10.7. The quantitative estimate of drug-likeness (QED) is 0.343. The number of hydrogen-bond acceptors (Lipinski definition) is 4. The first-order chi connectivity index (χ1) is 19.1. The van der Waals surface area contributed by atoms with Crippen LogP contribution in [0, 0.1) is 46.3 Å². The molecule has 218 valence electrons. The van der Waals surface area contributed by atoms with Crippen molar-refractivity contribution in [1.29, 1.82) is 0 Å². The van der Waals surface area contributed by atoms with Crippen LogP contribution in [0.2, 0.25) is 0 Å². The van der Waals surface area contributed by atoms with E-state index < -0.39 is 5.60 Å². The maximum Gasteiger partial charge on any atom is 0.115 e. The highest BCUT2D eigenvalue weighted by Gasteiger charge is 2.65. The summed E-state index contributed by atoms with van der Waals surface area (Å²) in [4.78, 5) is 0. The van der Waals surface area contributed by atoms with Crippen LogP contribution in [-0.4, -0.2) is 38.7 Å². The summed E-state index contributed by atoms with van der Waals surface area (Å²) in [5.41, 5.74) is 0.666. The van der Waals surface area contributed by atoms with Crippen molar-refractivity contribution < 1.29 is 20.4 Å². The topological polar surface area (TPSA) is 80.9 Å². The summed E-state index contributed by atoms with van der Waals surface area (Å²) in [7, 11) is 0. The Balaban J connectivity index is 1.24. The average molecular weight is 547 g/mol. The second-order valence-corrected chi connectivity index (χ2v) is 14.6. The first-order valence-corrected chi connectivity index (χ1v) is 16.0. The highest BCUT2D eigenvalue weighted by molar-refractivity contribution is 5.35. The Labute approximate surface area is 240 Å². The van der Waals surface area contributed by atoms with Gasteiger partial charge >= 0.3 is 0 Å². The van der Waals surface area contributed by atoms with Crippen molar-refractivity contribution >= 4 is 0 Å². The van der Waals surface area contributed by atoms with Crippen LogP contribution in [0.4, 0.5) is 0 Å². The van der Waals surface area contributed by atoms with Gasteiger partial charge in [0, 0.05) is 0 Å². The molecule has 40 heavy (non-hydrogen) atoms. The van der Waals surface area contributed by atoms with E-state index in [1.165, 1.54) is 0 Å². The summed E-state index contributed by atoms with van der Waals surface area (Å²) in [5.74, 6) is 1.90. The SMILES string of the molecule is C[C@H](CCC(O)(c1ccccc1)c1ccccc1)[C@@H]1CC[C@@H]2[C@H]3[C@H](O)C[C@H]4C[C@@H](O)CC[C@]4(C)[C@@H]3C[C@@H](O)[C@]21C. The monoisotopic (exact) mass is 546 g/mol. The number of aliphatic hydroxyl groups is 4. The fourth-order valence-corrected chi connectivity index (χ4v) is 10.7. The Hall–Kier alpha value is -1.72. The molecule has 0 aromatic heterocycles. The number of benzene rings is 2. The van der Waals surface area contributed by atoms with Crippen molar-refractivity contribution in [2.24, 2.45) is 46.3 Å². The van der Waals surface area contributed by atoms with Crippen LogP contribution in [-0.2, 0) is 5.60 Å². The highest BCUT2D eigenvalue weighted by Crippen LogP contribution is 2.68. The third-order valence-corrected chi connectivity index (χ3v) is 13.0. The molecule has 4 aliphatic rings. The van der Waals surface area contributed by atoms with Gasteiger partial charge in [-0.15, -0.1) is 0 Å². The van der Waals surface area contributed by atoms with Crippen LogP contribution in [0.15, 0.2) is 60.7 Å². The number of fused-ring (bicyclic) bond motifs is 5. The lowest BCUT2D eigenvalue weighted by atomic mass is 9.43. The van der Waals surface area contributed by atoms with E-state index in [0.717, 1.165) is 62.5 Å². The van der Waals surface area contributed by atoms with Gasteiger partial charge in [0.2, 0.25) is 0 Å². The molecule has 0 unspecified atom stereocenters. The minimum absolute atomic E-state index is 0.0942. The van der Waals surface area contributed by atoms with Crippen molar-refractivity contribution in [1.82, 2.24) is 0 Å². The Morgan fingerprint density at radius 3 is 2.08 bits per heavy atom. The van der Waals surface area contributed by atoms with E-state index in [4.69, 9.17) is 0 Å². The standard InChI is InChI=1S/C36H50O4/c1-23(16-19-36(40,24-10-6-4-7-11-24)25-12-8-5-9-13-25)28-14-15-29-33-30(22-32(39)35(28,29)3)34(2)18-17-27(37)20-26(34)21-31(33)38/h4-13,23,26-33,37-40H,14-22H2,1-3H3/t23-,26-,27+,28+,29-,30-,31-,32-,33-,34+,35+/m1/s1. The zero-order chi connectivity index (χ0) is 28.3. The van der Waals surface area contributed by atoms with E-state index in [1.807, 2.05) is 60.7 Å². The van der Waals surface area contributed by atoms with Crippen molar-refractivity contribution in [3.05, 3.63) is 71.8 Å². The second kappa shape index (κ2) is 10.5. The zero-order valence-corrected chi connectivity index (χ0v) is 24.6.